The fraction of sp³-hybridized carbons (Fsp3) is 0.278. The van der Waals surface area contributed by atoms with Crippen molar-refractivity contribution in [1.82, 2.24) is 10.3 Å². The maximum Gasteiger partial charge on any atom is 0.249 e. The molecule has 2 aromatic rings. The number of pyridine rings is 1. The van der Waals surface area contributed by atoms with Gasteiger partial charge in [0.1, 0.15) is 11.9 Å². The molecule has 0 aliphatic carbocycles. The monoisotopic (exact) mass is 327 g/mol. The number of rotatable bonds is 5. The van der Waals surface area contributed by atoms with Crippen LogP contribution in [0.5, 0.6) is 0 Å². The van der Waals surface area contributed by atoms with E-state index in [2.05, 4.69) is 10.3 Å². The molecule has 3 rings (SSSR count). The minimum atomic E-state index is -0.592. The predicted octanol–water partition coefficient (Wildman–Crippen LogP) is 2.08. The first kappa shape index (κ1) is 16.1. The third-order valence-corrected chi connectivity index (χ3v) is 4.05. The lowest BCUT2D eigenvalue weighted by Crippen LogP contribution is -2.41. The molecule has 6 heteroatoms. The van der Waals surface area contributed by atoms with Gasteiger partial charge in [0, 0.05) is 25.4 Å². The van der Waals surface area contributed by atoms with Crippen LogP contribution in [0.2, 0.25) is 0 Å². The third-order valence-electron chi connectivity index (χ3n) is 4.05. The summed E-state index contributed by atoms with van der Waals surface area (Å²) in [5, 5.41) is 2.75. The Morgan fingerprint density at radius 1 is 1.29 bits per heavy atom. The lowest BCUT2D eigenvalue weighted by Gasteiger charge is -2.17. The molecule has 1 fully saturated rings. The van der Waals surface area contributed by atoms with Gasteiger partial charge in [-0.15, -0.1) is 0 Å². The number of nitrogens with zero attached hydrogens (tertiary/aromatic N) is 2. The third kappa shape index (κ3) is 3.59. The first-order chi connectivity index (χ1) is 11.6. The normalized spacial score (nSPS) is 17.1. The molecular weight excluding hydrogens is 309 g/mol. The van der Waals surface area contributed by atoms with Gasteiger partial charge in [0.25, 0.3) is 0 Å². The van der Waals surface area contributed by atoms with E-state index in [-0.39, 0.29) is 23.9 Å². The lowest BCUT2D eigenvalue weighted by molar-refractivity contribution is -0.126. The quantitative estimate of drug-likeness (QED) is 0.914. The second kappa shape index (κ2) is 7.21. The van der Waals surface area contributed by atoms with Gasteiger partial charge in [0.15, 0.2) is 0 Å². The van der Waals surface area contributed by atoms with E-state index in [4.69, 9.17) is 0 Å². The number of carbonyl (C=O) groups is 2. The van der Waals surface area contributed by atoms with E-state index in [1.54, 1.807) is 30.6 Å². The Labute approximate surface area is 139 Å². The Morgan fingerprint density at radius 2 is 2.12 bits per heavy atom. The molecule has 0 spiro atoms. The van der Waals surface area contributed by atoms with Crippen molar-refractivity contribution in [3.05, 3.63) is 60.2 Å². The van der Waals surface area contributed by atoms with Crippen molar-refractivity contribution in [3.8, 4) is 0 Å². The van der Waals surface area contributed by atoms with Gasteiger partial charge in [0.05, 0.1) is 5.69 Å². The number of halogens is 1. The molecule has 1 aliphatic heterocycles. The zero-order chi connectivity index (χ0) is 16.9. The second-order valence-electron chi connectivity index (χ2n) is 5.71. The number of carbonyl (C=O) groups excluding carboxylic acids is 2. The van der Waals surface area contributed by atoms with Crippen LogP contribution in [0.3, 0.4) is 0 Å². The van der Waals surface area contributed by atoms with Gasteiger partial charge in [-0.2, -0.15) is 0 Å². The summed E-state index contributed by atoms with van der Waals surface area (Å²) in [6, 6.07) is 9.29. The highest BCUT2D eigenvalue weighted by atomic mass is 19.1. The van der Waals surface area contributed by atoms with Crippen LogP contribution in [0, 0.1) is 5.82 Å². The molecule has 24 heavy (non-hydrogen) atoms. The molecule has 0 saturated carbocycles. The first-order valence-electron chi connectivity index (χ1n) is 7.89. The van der Waals surface area contributed by atoms with Crippen molar-refractivity contribution in [2.45, 2.75) is 25.3 Å². The van der Waals surface area contributed by atoms with Gasteiger partial charge in [0.2, 0.25) is 11.8 Å². The van der Waals surface area contributed by atoms with Crippen molar-refractivity contribution in [2.24, 2.45) is 0 Å². The molecule has 1 N–H and O–H groups in total. The van der Waals surface area contributed by atoms with Crippen LogP contribution in [-0.2, 0) is 16.0 Å². The van der Waals surface area contributed by atoms with E-state index in [0.29, 0.717) is 19.4 Å². The molecule has 0 bridgehead atoms. The molecule has 124 valence electrons. The topological polar surface area (TPSA) is 62.3 Å². The maximum absolute atomic E-state index is 13.8. The van der Waals surface area contributed by atoms with Crippen LogP contribution in [0.25, 0.3) is 0 Å². The summed E-state index contributed by atoms with van der Waals surface area (Å²) in [6.07, 6.45) is 4.73. The van der Waals surface area contributed by atoms with E-state index in [1.165, 1.54) is 11.0 Å². The van der Waals surface area contributed by atoms with Crippen molar-refractivity contribution in [3.63, 3.8) is 0 Å². The molecular formula is C18H18FN3O2. The van der Waals surface area contributed by atoms with Crippen molar-refractivity contribution in [2.75, 3.05) is 11.4 Å². The van der Waals surface area contributed by atoms with Crippen LogP contribution in [0.4, 0.5) is 10.1 Å². The number of hydrogen-bond donors (Lipinski definition) is 1. The van der Waals surface area contributed by atoms with Gasteiger partial charge in [-0.05, 0) is 36.6 Å². The summed E-state index contributed by atoms with van der Waals surface area (Å²) >= 11 is 0. The Morgan fingerprint density at radius 3 is 2.88 bits per heavy atom. The fourth-order valence-corrected chi connectivity index (χ4v) is 2.79. The highest BCUT2D eigenvalue weighted by Crippen LogP contribution is 2.24. The Hall–Kier alpha value is -2.76. The molecule has 0 radical (unpaired) electrons. The first-order valence-corrected chi connectivity index (χ1v) is 7.89. The van der Waals surface area contributed by atoms with Gasteiger partial charge in [-0.1, -0.05) is 18.2 Å². The second-order valence-corrected chi connectivity index (χ2v) is 5.71. The number of benzene rings is 1. The highest BCUT2D eigenvalue weighted by molar-refractivity contribution is 6.01. The fourth-order valence-electron chi connectivity index (χ4n) is 2.79. The number of nitrogens with one attached hydrogen (secondary N) is 1. The highest BCUT2D eigenvalue weighted by Gasteiger charge is 2.34. The van der Waals surface area contributed by atoms with E-state index in [1.807, 2.05) is 12.1 Å². The summed E-state index contributed by atoms with van der Waals surface area (Å²) in [6.45, 7) is 0.396. The number of hydrogen-bond acceptors (Lipinski definition) is 3. The van der Waals surface area contributed by atoms with Gasteiger partial charge in [-0.3, -0.25) is 14.6 Å². The Kier molecular flexibility index (Phi) is 4.84. The van der Waals surface area contributed by atoms with E-state index in [9.17, 15) is 14.0 Å². The largest absolute Gasteiger partial charge is 0.344 e. The summed E-state index contributed by atoms with van der Waals surface area (Å²) < 4.78 is 13.8. The number of anilines is 1. The number of amides is 2. The summed E-state index contributed by atoms with van der Waals surface area (Å²) in [7, 11) is 0. The standard InChI is InChI=1S/C18H18FN3O2/c19-14-5-1-2-6-16(14)22-11-9-15(18(22)24)21-17(23)8-7-13-4-3-10-20-12-13/h1-6,10,12,15H,7-9,11H2,(H,21,23). The van der Waals surface area contributed by atoms with E-state index < -0.39 is 11.9 Å². The average Bonchev–Trinajstić information content (AvgIpc) is 2.95. The Balaban J connectivity index is 1.56. The summed E-state index contributed by atoms with van der Waals surface area (Å²) in [5.74, 6) is -0.892. The minimum absolute atomic E-state index is 0.187. The average molecular weight is 327 g/mol. The number of para-hydroxylation sites is 1. The SMILES string of the molecule is O=C(CCc1cccnc1)NC1CCN(c2ccccc2F)C1=O. The lowest BCUT2D eigenvalue weighted by atomic mass is 10.1. The van der Waals surface area contributed by atoms with Crippen LogP contribution in [0.15, 0.2) is 48.8 Å². The summed E-state index contributed by atoms with van der Waals surface area (Å²) in [4.78, 5) is 29.8. The molecule has 1 saturated heterocycles. The zero-order valence-corrected chi connectivity index (χ0v) is 13.1. The molecule has 1 aromatic heterocycles. The number of aryl methyl sites for hydroxylation is 1. The van der Waals surface area contributed by atoms with Gasteiger partial charge >= 0.3 is 0 Å². The van der Waals surface area contributed by atoms with Crippen molar-refractivity contribution >= 4 is 17.5 Å². The molecule has 1 unspecified atom stereocenters. The van der Waals surface area contributed by atoms with Crippen LogP contribution >= 0.6 is 0 Å². The molecule has 2 amide bonds. The Bertz CT molecular complexity index is 736. The van der Waals surface area contributed by atoms with Crippen LogP contribution < -0.4 is 10.2 Å². The van der Waals surface area contributed by atoms with E-state index in [0.717, 1.165) is 5.56 Å². The smallest absolute Gasteiger partial charge is 0.249 e. The van der Waals surface area contributed by atoms with Gasteiger partial charge < -0.3 is 10.2 Å². The zero-order valence-electron chi connectivity index (χ0n) is 13.1. The van der Waals surface area contributed by atoms with Crippen molar-refractivity contribution in [1.29, 1.82) is 0 Å². The minimum Gasteiger partial charge on any atom is -0.344 e. The molecule has 1 atom stereocenters. The van der Waals surface area contributed by atoms with Gasteiger partial charge in [-0.25, -0.2) is 4.39 Å². The number of aromatic nitrogens is 1. The molecule has 1 aromatic carbocycles. The molecule has 1 aliphatic rings. The van der Waals surface area contributed by atoms with Crippen LogP contribution in [-0.4, -0.2) is 29.4 Å². The predicted molar refractivity (Wildman–Crippen MR) is 87.9 cm³/mol. The van der Waals surface area contributed by atoms with E-state index >= 15 is 0 Å². The van der Waals surface area contributed by atoms with Crippen LogP contribution in [0.1, 0.15) is 18.4 Å². The van der Waals surface area contributed by atoms with Crippen molar-refractivity contribution < 1.29 is 14.0 Å². The molecule has 2 heterocycles. The maximum atomic E-state index is 13.8. The summed E-state index contributed by atoms with van der Waals surface area (Å²) in [5.41, 5.74) is 1.23. The molecule has 5 nitrogen and oxygen atoms in total.